The van der Waals surface area contributed by atoms with E-state index < -0.39 is 0 Å². The number of aliphatic hydroxyl groups is 1. The maximum atomic E-state index is 12.2. The second kappa shape index (κ2) is 13.8. The van der Waals surface area contributed by atoms with Gasteiger partial charge in [-0.2, -0.15) is 0 Å². The van der Waals surface area contributed by atoms with Gasteiger partial charge in [0.1, 0.15) is 5.82 Å². The molecule has 0 bridgehead atoms. The first-order chi connectivity index (χ1) is 15.5. The minimum Gasteiger partial charge on any atom is -0.399 e. The molecule has 3 rings (SSSR count). The van der Waals surface area contributed by atoms with Crippen molar-refractivity contribution in [1.29, 1.82) is 0 Å². The van der Waals surface area contributed by atoms with Gasteiger partial charge in [-0.15, -0.1) is 0 Å². The lowest BCUT2D eigenvalue weighted by Crippen LogP contribution is -2.15. The molecule has 0 fully saturated rings. The van der Waals surface area contributed by atoms with Crippen LogP contribution in [0.3, 0.4) is 0 Å². The van der Waals surface area contributed by atoms with Crippen molar-refractivity contribution >= 4 is 23.1 Å². The molecule has 2 aromatic carbocycles. The number of hydrogen-bond acceptors (Lipinski definition) is 6. The minimum absolute atomic E-state index is 0.0836. The number of nitrogens with one attached hydrogen (secondary N) is 2. The molecular weight excluding hydrogens is 402 g/mol. The van der Waals surface area contributed by atoms with Crippen molar-refractivity contribution in [1.82, 2.24) is 10.3 Å². The van der Waals surface area contributed by atoms with E-state index in [-0.39, 0.29) is 12.5 Å². The van der Waals surface area contributed by atoms with Crippen LogP contribution in [0.5, 0.6) is 0 Å². The Morgan fingerprint density at radius 2 is 1.66 bits per heavy atom. The van der Waals surface area contributed by atoms with Crippen molar-refractivity contribution in [2.75, 3.05) is 23.3 Å². The molecule has 0 atom stereocenters. The largest absolute Gasteiger partial charge is 0.399 e. The number of unbranched alkanes of at least 4 members (excludes halogenated alkanes) is 2. The molecule has 3 aromatic rings. The van der Waals surface area contributed by atoms with Gasteiger partial charge in [0.15, 0.2) is 0 Å². The quantitative estimate of drug-likeness (QED) is 0.256. The van der Waals surface area contributed by atoms with Crippen LogP contribution in [0.1, 0.15) is 47.7 Å². The van der Waals surface area contributed by atoms with E-state index in [1.54, 1.807) is 42.6 Å². The normalized spacial score (nSPS) is 10.2. The summed E-state index contributed by atoms with van der Waals surface area (Å²) in [7, 11) is 0. The van der Waals surface area contributed by atoms with Gasteiger partial charge in [-0.1, -0.05) is 44.0 Å². The molecule has 0 spiro atoms. The molecular formula is C25H33N5O2. The SMILES string of the molecule is CCCCCNCc1ccc(C(=O)Nc2ccnc(N)c2)cc1.Nc1ccc(CO)cc1. The molecule has 0 saturated heterocycles. The molecule has 7 N–H and O–H groups in total. The number of aliphatic hydroxyl groups excluding tert-OH is 1. The fourth-order valence-corrected chi connectivity index (χ4v) is 2.86. The highest BCUT2D eigenvalue weighted by Gasteiger charge is 2.06. The fourth-order valence-electron chi connectivity index (χ4n) is 2.86. The summed E-state index contributed by atoms with van der Waals surface area (Å²) in [6.45, 7) is 4.14. The van der Waals surface area contributed by atoms with E-state index in [2.05, 4.69) is 22.5 Å². The molecule has 0 saturated carbocycles. The highest BCUT2D eigenvalue weighted by Crippen LogP contribution is 2.12. The lowest BCUT2D eigenvalue weighted by molar-refractivity contribution is 0.102. The second-order valence-electron chi connectivity index (χ2n) is 7.40. The van der Waals surface area contributed by atoms with Gasteiger partial charge in [0.2, 0.25) is 0 Å². The lowest BCUT2D eigenvalue weighted by atomic mass is 10.1. The highest BCUT2D eigenvalue weighted by atomic mass is 16.3. The van der Waals surface area contributed by atoms with Gasteiger partial charge in [0.25, 0.3) is 5.91 Å². The number of hydrogen-bond donors (Lipinski definition) is 5. The predicted octanol–water partition coefficient (Wildman–Crippen LogP) is 3.96. The Bertz CT molecular complexity index is 943. The number of nitrogens with zero attached hydrogens (tertiary/aromatic N) is 1. The van der Waals surface area contributed by atoms with E-state index in [1.165, 1.54) is 24.8 Å². The van der Waals surface area contributed by atoms with Crippen molar-refractivity contribution in [3.8, 4) is 0 Å². The molecule has 7 heteroatoms. The molecule has 32 heavy (non-hydrogen) atoms. The Kier molecular flexibility index (Phi) is 10.7. The summed E-state index contributed by atoms with van der Waals surface area (Å²) >= 11 is 0. The zero-order valence-corrected chi connectivity index (χ0v) is 18.6. The lowest BCUT2D eigenvalue weighted by Gasteiger charge is -2.07. The Morgan fingerprint density at radius 1 is 0.969 bits per heavy atom. The zero-order chi connectivity index (χ0) is 23.2. The molecule has 0 aliphatic carbocycles. The van der Waals surface area contributed by atoms with Crippen LogP contribution < -0.4 is 22.1 Å². The summed E-state index contributed by atoms with van der Waals surface area (Å²) in [5.74, 6) is 0.227. The van der Waals surface area contributed by atoms with Crippen LogP contribution in [-0.4, -0.2) is 22.5 Å². The molecule has 0 aliphatic heterocycles. The number of carbonyl (C=O) groups is 1. The summed E-state index contributed by atoms with van der Waals surface area (Å²) < 4.78 is 0. The number of amides is 1. The Morgan fingerprint density at radius 3 is 2.28 bits per heavy atom. The molecule has 0 aliphatic rings. The van der Waals surface area contributed by atoms with Gasteiger partial charge in [0, 0.05) is 35.7 Å². The number of nitrogen functional groups attached to an aromatic ring is 2. The first-order valence-electron chi connectivity index (χ1n) is 10.8. The van der Waals surface area contributed by atoms with Crippen LogP contribution in [0.15, 0.2) is 66.9 Å². The molecule has 7 nitrogen and oxygen atoms in total. The summed E-state index contributed by atoms with van der Waals surface area (Å²) in [4.78, 5) is 16.1. The molecule has 170 valence electrons. The number of aromatic nitrogens is 1. The first-order valence-corrected chi connectivity index (χ1v) is 10.8. The molecule has 1 heterocycles. The number of pyridine rings is 1. The number of benzene rings is 2. The summed E-state index contributed by atoms with van der Waals surface area (Å²) in [6, 6.07) is 18.1. The van der Waals surface area contributed by atoms with Gasteiger partial charge in [0.05, 0.1) is 6.61 Å². The van der Waals surface area contributed by atoms with E-state index in [0.717, 1.165) is 24.3 Å². The van der Waals surface area contributed by atoms with Crippen LogP contribution in [-0.2, 0) is 13.2 Å². The number of rotatable bonds is 9. The Balaban J connectivity index is 0.000000336. The van der Waals surface area contributed by atoms with E-state index >= 15 is 0 Å². The van der Waals surface area contributed by atoms with Crippen LogP contribution in [0.4, 0.5) is 17.2 Å². The van der Waals surface area contributed by atoms with E-state index in [4.69, 9.17) is 16.6 Å². The smallest absolute Gasteiger partial charge is 0.255 e. The number of carbonyl (C=O) groups excluding carboxylic acids is 1. The van der Waals surface area contributed by atoms with Crippen LogP contribution in [0.25, 0.3) is 0 Å². The maximum Gasteiger partial charge on any atom is 0.255 e. The Labute approximate surface area is 189 Å². The van der Waals surface area contributed by atoms with E-state index in [9.17, 15) is 4.79 Å². The van der Waals surface area contributed by atoms with Gasteiger partial charge in [-0.3, -0.25) is 4.79 Å². The number of nitrogens with two attached hydrogens (primary N) is 2. The molecule has 1 aromatic heterocycles. The zero-order valence-electron chi connectivity index (χ0n) is 18.6. The highest BCUT2D eigenvalue weighted by molar-refractivity contribution is 6.04. The third-order valence-corrected chi connectivity index (χ3v) is 4.70. The van der Waals surface area contributed by atoms with E-state index in [0.29, 0.717) is 17.1 Å². The van der Waals surface area contributed by atoms with Crippen molar-refractivity contribution in [2.45, 2.75) is 39.3 Å². The van der Waals surface area contributed by atoms with Gasteiger partial charge in [-0.05, 0) is 54.4 Å². The predicted molar refractivity (Wildman–Crippen MR) is 131 cm³/mol. The van der Waals surface area contributed by atoms with Crippen molar-refractivity contribution in [2.24, 2.45) is 0 Å². The topological polar surface area (TPSA) is 126 Å². The second-order valence-corrected chi connectivity index (χ2v) is 7.40. The maximum absolute atomic E-state index is 12.2. The summed E-state index contributed by atoms with van der Waals surface area (Å²) in [5.41, 5.74) is 15.1. The fraction of sp³-hybridized carbons (Fsp3) is 0.280. The third kappa shape index (κ3) is 9.16. The summed E-state index contributed by atoms with van der Waals surface area (Å²) in [6.07, 6.45) is 5.25. The standard InChI is InChI=1S/C18H24N4O.C7H9NO/c1-2-3-4-10-20-13-14-5-7-15(8-6-14)18(23)22-16-9-11-21-17(19)12-16;8-7-3-1-6(5-9)2-4-7/h5-9,11-12,20H,2-4,10,13H2,1H3,(H3,19,21,22,23);1-4,9H,5,8H2. The summed E-state index contributed by atoms with van der Waals surface area (Å²) in [5, 5.41) is 14.8. The van der Waals surface area contributed by atoms with Crippen molar-refractivity contribution in [3.05, 3.63) is 83.6 Å². The van der Waals surface area contributed by atoms with Gasteiger partial charge >= 0.3 is 0 Å². The first kappa shape index (κ1) is 24.8. The molecule has 1 amide bonds. The van der Waals surface area contributed by atoms with Crippen LogP contribution in [0, 0.1) is 0 Å². The molecule has 0 unspecified atom stereocenters. The average molecular weight is 436 g/mol. The van der Waals surface area contributed by atoms with E-state index in [1.807, 2.05) is 24.3 Å². The van der Waals surface area contributed by atoms with Gasteiger partial charge in [-0.25, -0.2) is 4.98 Å². The van der Waals surface area contributed by atoms with Crippen molar-refractivity contribution in [3.63, 3.8) is 0 Å². The Hall–Kier alpha value is -3.42. The third-order valence-electron chi connectivity index (χ3n) is 4.70. The monoisotopic (exact) mass is 435 g/mol. The van der Waals surface area contributed by atoms with Crippen LogP contribution in [0.2, 0.25) is 0 Å². The number of anilines is 3. The van der Waals surface area contributed by atoms with Gasteiger partial charge < -0.3 is 27.2 Å². The van der Waals surface area contributed by atoms with Crippen LogP contribution >= 0.6 is 0 Å². The average Bonchev–Trinajstić information content (AvgIpc) is 2.80. The minimum atomic E-state index is -0.155. The molecule has 0 radical (unpaired) electrons. The van der Waals surface area contributed by atoms with Crippen molar-refractivity contribution < 1.29 is 9.90 Å².